The Bertz CT molecular complexity index is 516. The molecule has 2 aromatic rings. The Balaban J connectivity index is 2.13. The van der Waals surface area contributed by atoms with Crippen LogP contribution in [0.4, 0.5) is 18.0 Å². The third-order valence-electron chi connectivity index (χ3n) is 1.77. The van der Waals surface area contributed by atoms with Crippen LogP contribution in [-0.4, -0.2) is 15.9 Å². The molecular formula is C9H5F3N2O3. The van der Waals surface area contributed by atoms with E-state index >= 15 is 0 Å². The molecule has 2 heterocycles. The minimum atomic E-state index is -4.60. The first-order chi connectivity index (χ1) is 7.97. The SMILES string of the molecule is O=C(Oc1ccoc1)n1ccc(C(F)(F)F)n1. The Labute approximate surface area is 92.4 Å². The van der Waals surface area contributed by atoms with Crippen molar-refractivity contribution in [2.75, 3.05) is 0 Å². The fraction of sp³-hybridized carbons (Fsp3) is 0.111. The molecule has 8 heteroatoms. The highest BCUT2D eigenvalue weighted by Crippen LogP contribution is 2.27. The number of furan rings is 1. The maximum absolute atomic E-state index is 12.2. The lowest BCUT2D eigenvalue weighted by Crippen LogP contribution is -2.18. The predicted octanol–water partition coefficient (Wildman–Crippen LogP) is 2.54. The first-order valence-corrected chi connectivity index (χ1v) is 4.34. The van der Waals surface area contributed by atoms with E-state index < -0.39 is 18.0 Å². The minimum absolute atomic E-state index is 0.0825. The fourth-order valence-corrected chi connectivity index (χ4v) is 1.03. The normalized spacial score (nSPS) is 11.5. The smallest absolute Gasteiger partial charge is 0.440 e. The molecule has 0 aromatic carbocycles. The lowest BCUT2D eigenvalue weighted by atomic mass is 10.4. The van der Waals surface area contributed by atoms with E-state index in [1.165, 1.54) is 12.3 Å². The molecule has 0 spiro atoms. The van der Waals surface area contributed by atoms with Crippen LogP contribution in [0, 0.1) is 0 Å². The molecule has 0 saturated carbocycles. The Hall–Kier alpha value is -2.25. The van der Waals surface area contributed by atoms with E-state index in [1.807, 2.05) is 0 Å². The van der Waals surface area contributed by atoms with Gasteiger partial charge in [0.1, 0.15) is 6.26 Å². The van der Waals surface area contributed by atoms with Gasteiger partial charge in [-0.3, -0.25) is 0 Å². The molecule has 0 N–H and O–H groups in total. The summed E-state index contributed by atoms with van der Waals surface area (Å²) in [6.45, 7) is 0. The summed E-state index contributed by atoms with van der Waals surface area (Å²) in [5.74, 6) is 0.0825. The van der Waals surface area contributed by atoms with Crippen LogP contribution in [0.2, 0.25) is 0 Å². The molecule has 0 radical (unpaired) electrons. The van der Waals surface area contributed by atoms with Crippen LogP contribution in [0.15, 0.2) is 35.3 Å². The van der Waals surface area contributed by atoms with Crippen molar-refractivity contribution >= 4 is 6.09 Å². The highest BCUT2D eigenvalue weighted by Gasteiger charge is 2.34. The van der Waals surface area contributed by atoms with E-state index in [0.717, 1.165) is 12.5 Å². The van der Waals surface area contributed by atoms with Gasteiger partial charge in [0.15, 0.2) is 11.4 Å². The van der Waals surface area contributed by atoms with Gasteiger partial charge in [-0.1, -0.05) is 0 Å². The summed E-state index contributed by atoms with van der Waals surface area (Å²) in [5.41, 5.74) is -1.17. The van der Waals surface area contributed by atoms with Crippen molar-refractivity contribution in [2.24, 2.45) is 0 Å². The second kappa shape index (κ2) is 3.96. The van der Waals surface area contributed by atoms with E-state index in [-0.39, 0.29) is 5.75 Å². The molecule has 0 amide bonds. The molecule has 0 aliphatic rings. The van der Waals surface area contributed by atoms with Crippen LogP contribution in [0.1, 0.15) is 5.69 Å². The number of nitrogens with zero attached hydrogens (tertiary/aromatic N) is 2. The van der Waals surface area contributed by atoms with Crippen molar-refractivity contribution in [3.63, 3.8) is 0 Å². The summed E-state index contributed by atoms with van der Waals surface area (Å²) in [6, 6.07) is 2.02. The highest BCUT2D eigenvalue weighted by atomic mass is 19.4. The standard InChI is InChI=1S/C9H5F3N2O3/c10-9(11,12)7-1-3-14(13-7)8(15)17-6-2-4-16-5-6/h1-5H. The van der Waals surface area contributed by atoms with E-state index in [4.69, 9.17) is 0 Å². The fourth-order valence-electron chi connectivity index (χ4n) is 1.03. The molecule has 17 heavy (non-hydrogen) atoms. The molecule has 0 aliphatic carbocycles. The molecular weight excluding hydrogens is 241 g/mol. The zero-order chi connectivity index (χ0) is 12.5. The van der Waals surface area contributed by atoms with Gasteiger partial charge in [0.25, 0.3) is 0 Å². The van der Waals surface area contributed by atoms with E-state index in [1.54, 1.807) is 0 Å². The zero-order valence-corrected chi connectivity index (χ0v) is 8.14. The summed E-state index contributed by atoms with van der Waals surface area (Å²) in [4.78, 5) is 11.3. The molecule has 0 bridgehead atoms. The Morgan fingerprint density at radius 1 is 1.41 bits per heavy atom. The molecule has 90 valence electrons. The quantitative estimate of drug-likeness (QED) is 0.775. The molecule has 0 saturated heterocycles. The van der Waals surface area contributed by atoms with Crippen LogP contribution in [-0.2, 0) is 6.18 Å². The molecule has 0 atom stereocenters. The monoisotopic (exact) mass is 246 g/mol. The van der Waals surface area contributed by atoms with Crippen LogP contribution >= 0.6 is 0 Å². The summed E-state index contributed by atoms with van der Waals surface area (Å²) in [6.07, 6.45) is -2.40. The van der Waals surface area contributed by atoms with Crippen molar-refractivity contribution < 1.29 is 27.1 Å². The second-order valence-corrected chi connectivity index (χ2v) is 2.97. The first-order valence-electron chi connectivity index (χ1n) is 4.34. The van der Waals surface area contributed by atoms with Gasteiger partial charge in [-0.15, -0.1) is 0 Å². The number of carbonyl (C=O) groups is 1. The first kappa shape index (κ1) is 11.2. The van der Waals surface area contributed by atoms with Gasteiger partial charge in [-0.25, -0.2) is 4.79 Å². The second-order valence-electron chi connectivity index (χ2n) is 2.97. The molecule has 0 fully saturated rings. The van der Waals surface area contributed by atoms with E-state index in [9.17, 15) is 18.0 Å². The lowest BCUT2D eigenvalue weighted by Gasteiger charge is -2.01. The van der Waals surface area contributed by atoms with Gasteiger partial charge in [0, 0.05) is 12.3 Å². The topological polar surface area (TPSA) is 57.3 Å². The number of hydrogen-bond donors (Lipinski definition) is 0. The third kappa shape index (κ3) is 2.47. The number of alkyl halides is 3. The summed E-state index contributed by atoms with van der Waals surface area (Å²) in [7, 11) is 0. The van der Waals surface area contributed by atoms with Crippen LogP contribution in [0.5, 0.6) is 5.75 Å². The largest absolute Gasteiger partial charge is 0.469 e. The Kier molecular flexibility index (Phi) is 2.62. The van der Waals surface area contributed by atoms with Crippen molar-refractivity contribution in [3.8, 4) is 5.75 Å². The molecule has 2 rings (SSSR count). The van der Waals surface area contributed by atoms with Crippen molar-refractivity contribution in [2.45, 2.75) is 6.18 Å². The van der Waals surface area contributed by atoms with Crippen molar-refractivity contribution in [3.05, 3.63) is 36.5 Å². The number of aromatic nitrogens is 2. The Morgan fingerprint density at radius 3 is 2.71 bits per heavy atom. The predicted molar refractivity (Wildman–Crippen MR) is 47.4 cm³/mol. The number of carbonyl (C=O) groups excluding carboxylic acids is 1. The van der Waals surface area contributed by atoms with Crippen molar-refractivity contribution in [1.29, 1.82) is 0 Å². The van der Waals surface area contributed by atoms with Gasteiger partial charge in [-0.05, 0) is 6.07 Å². The van der Waals surface area contributed by atoms with Gasteiger partial charge in [0.2, 0.25) is 0 Å². The van der Waals surface area contributed by atoms with Gasteiger partial charge >= 0.3 is 12.3 Å². The van der Waals surface area contributed by atoms with E-state index in [0.29, 0.717) is 10.7 Å². The number of halogens is 3. The number of hydrogen-bond acceptors (Lipinski definition) is 4. The average Bonchev–Trinajstić information content (AvgIpc) is 2.85. The van der Waals surface area contributed by atoms with Gasteiger partial charge in [-0.2, -0.15) is 23.0 Å². The van der Waals surface area contributed by atoms with Crippen LogP contribution in [0.25, 0.3) is 0 Å². The zero-order valence-electron chi connectivity index (χ0n) is 8.14. The van der Waals surface area contributed by atoms with Gasteiger partial charge in [0.05, 0.1) is 6.26 Å². The maximum Gasteiger partial charge on any atom is 0.440 e. The van der Waals surface area contributed by atoms with Crippen LogP contribution in [0.3, 0.4) is 0 Å². The molecule has 2 aromatic heterocycles. The minimum Gasteiger partial charge on any atom is -0.469 e. The summed E-state index contributed by atoms with van der Waals surface area (Å²) >= 11 is 0. The summed E-state index contributed by atoms with van der Waals surface area (Å²) < 4.78 is 46.3. The average molecular weight is 246 g/mol. The van der Waals surface area contributed by atoms with Crippen LogP contribution < -0.4 is 4.74 Å². The molecule has 0 aliphatic heterocycles. The third-order valence-corrected chi connectivity index (χ3v) is 1.77. The lowest BCUT2D eigenvalue weighted by molar-refractivity contribution is -0.141. The maximum atomic E-state index is 12.2. The Morgan fingerprint density at radius 2 is 2.18 bits per heavy atom. The number of ether oxygens (including phenoxy) is 1. The highest BCUT2D eigenvalue weighted by molar-refractivity contribution is 5.71. The molecule has 0 unspecified atom stereocenters. The van der Waals surface area contributed by atoms with Gasteiger partial charge < -0.3 is 9.15 Å². The van der Waals surface area contributed by atoms with E-state index in [2.05, 4.69) is 14.3 Å². The molecule has 5 nitrogen and oxygen atoms in total. The summed E-state index contributed by atoms with van der Waals surface area (Å²) in [5, 5.41) is 3.05. The number of rotatable bonds is 1. The van der Waals surface area contributed by atoms with Crippen molar-refractivity contribution in [1.82, 2.24) is 9.78 Å².